The maximum Gasteiger partial charge on any atom is 0.256 e. The Morgan fingerprint density at radius 3 is 2.88 bits per heavy atom. The molecule has 0 saturated carbocycles. The maximum absolute atomic E-state index is 12.6. The van der Waals surface area contributed by atoms with Gasteiger partial charge in [-0.1, -0.05) is 30.0 Å². The van der Waals surface area contributed by atoms with Gasteiger partial charge in [-0.25, -0.2) is 0 Å². The minimum absolute atomic E-state index is 0.00317. The number of nitrogens with zero attached hydrogens (tertiary/aromatic N) is 2. The van der Waals surface area contributed by atoms with E-state index in [1.165, 1.54) is 28.2 Å². The van der Waals surface area contributed by atoms with Gasteiger partial charge in [-0.05, 0) is 55.0 Å². The summed E-state index contributed by atoms with van der Waals surface area (Å²) in [4.78, 5) is 15.1. The highest BCUT2D eigenvalue weighted by atomic mass is 32.2. The average Bonchev–Trinajstić information content (AvgIpc) is 3.25. The molecule has 7 heteroatoms. The molecule has 2 aromatic heterocycles. The van der Waals surface area contributed by atoms with Crippen LogP contribution in [0.2, 0.25) is 0 Å². The summed E-state index contributed by atoms with van der Waals surface area (Å²) in [6.45, 7) is 2.28. The van der Waals surface area contributed by atoms with Crippen molar-refractivity contribution >= 4 is 46.0 Å². The molecule has 1 aliphatic carbocycles. The van der Waals surface area contributed by atoms with Gasteiger partial charge in [-0.2, -0.15) is 0 Å². The lowest BCUT2D eigenvalue weighted by Gasteiger charge is -2.18. The second-order valence-corrected chi connectivity index (χ2v) is 9.30. The van der Waals surface area contributed by atoms with Crippen LogP contribution in [0, 0.1) is 5.92 Å². The molecule has 0 aliphatic heterocycles. The molecule has 0 fully saturated rings. The van der Waals surface area contributed by atoms with E-state index in [1.54, 1.807) is 28.6 Å². The Hall–Kier alpha value is -1.70. The van der Waals surface area contributed by atoms with Gasteiger partial charge in [0.15, 0.2) is 4.34 Å². The minimum atomic E-state index is -0.00317. The summed E-state index contributed by atoms with van der Waals surface area (Å²) in [6.07, 6.45) is 3.28. The molecule has 4 rings (SSSR count). The van der Waals surface area contributed by atoms with E-state index in [2.05, 4.69) is 22.4 Å². The first-order valence-electron chi connectivity index (χ1n) is 8.13. The lowest BCUT2D eigenvalue weighted by atomic mass is 9.88. The Kier molecular flexibility index (Phi) is 4.87. The molecule has 25 heavy (non-hydrogen) atoms. The molecule has 128 valence electrons. The molecule has 4 nitrogen and oxygen atoms in total. The highest BCUT2D eigenvalue weighted by molar-refractivity contribution is 8.01. The number of nitrogens with one attached hydrogen (secondary N) is 1. The third-order valence-corrected chi connectivity index (χ3v) is 7.14. The van der Waals surface area contributed by atoms with E-state index in [-0.39, 0.29) is 5.91 Å². The largest absolute Gasteiger partial charge is 0.322 e. The summed E-state index contributed by atoms with van der Waals surface area (Å²) >= 11 is 4.81. The number of aromatic nitrogens is 2. The predicted octanol–water partition coefficient (Wildman–Crippen LogP) is 5.13. The molecule has 2 heterocycles. The van der Waals surface area contributed by atoms with Crippen LogP contribution in [-0.2, 0) is 12.8 Å². The zero-order chi connectivity index (χ0) is 17.2. The fourth-order valence-corrected chi connectivity index (χ4v) is 5.68. The van der Waals surface area contributed by atoms with Crippen LogP contribution in [-0.4, -0.2) is 16.1 Å². The van der Waals surface area contributed by atoms with Gasteiger partial charge in [0.05, 0.1) is 5.56 Å². The van der Waals surface area contributed by atoms with Crippen molar-refractivity contribution in [2.24, 2.45) is 5.92 Å². The Morgan fingerprint density at radius 2 is 2.12 bits per heavy atom. The molecular formula is C18H17N3OS3. The third kappa shape index (κ3) is 3.78. The normalized spacial score (nSPS) is 16.4. The highest BCUT2D eigenvalue weighted by Gasteiger charge is 2.23. The Labute approximate surface area is 158 Å². The molecule has 0 unspecified atom stereocenters. The molecule has 1 aliphatic rings. The van der Waals surface area contributed by atoms with E-state index in [9.17, 15) is 4.79 Å². The van der Waals surface area contributed by atoms with Gasteiger partial charge in [-0.3, -0.25) is 4.79 Å². The number of hydrogen-bond acceptors (Lipinski definition) is 6. The van der Waals surface area contributed by atoms with Gasteiger partial charge in [0, 0.05) is 20.8 Å². The van der Waals surface area contributed by atoms with Crippen LogP contribution in [0.3, 0.4) is 0 Å². The summed E-state index contributed by atoms with van der Waals surface area (Å²) in [5.41, 5.74) is 4.64. The smallest absolute Gasteiger partial charge is 0.256 e. The molecule has 1 amide bonds. The van der Waals surface area contributed by atoms with Crippen molar-refractivity contribution < 1.29 is 4.79 Å². The topological polar surface area (TPSA) is 54.9 Å². The van der Waals surface area contributed by atoms with Crippen LogP contribution in [0.15, 0.2) is 44.4 Å². The molecule has 1 aromatic carbocycles. The molecule has 0 radical (unpaired) electrons. The number of anilines is 1. The summed E-state index contributed by atoms with van der Waals surface area (Å²) in [5.74, 6) is 0.719. The molecule has 0 saturated heterocycles. The number of benzene rings is 1. The molecular weight excluding hydrogens is 370 g/mol. The van der Waals surface area contributed by atoms with Crippen LogP contribution in [0.5, 0.6) is 0 Å². The maximum atomic E-state index is 12.6. The monoisotopic (exact) mass is 387 g/mol. The summed E-state index contributed by atoms with van der Waals surface area (Å²) < 4.78 is 0.913. The second kappa shape index (κ2) is 7.27. The first-order valence-corrected chi connectivity index (χ1v) is 10.7. The number of thiophene rings is 1. The zero-order valence-electron chi connectivity index (χ0n) is 13.7. The SMILES string of the molecule is C[C@H]1CCc2c(C(=O)Nc3ccc(Sc4nncs4)cc3)csc2C1. The van der Waals surface area contributed by atoms with E-state index in [1.807, 2.05) is 29.6 Å². The fraction of sp³-hybridized carbons (Fsp3) is 0.278. The standard InChI is InChI=1S/C18H17N3OS3/c1-11-2-7-14-15(9-23-16(14)8-11)17(22)20-12-3-5-13(6-4-12)25-18-21-19-10-24-18/h3-6,9-11H,2,7-8H2,1H3,(H,20,22)/t11-/m0/s1. The third-order valence-electron chi connectivity index (χ3n) is 4.30. The van der Waals surface area contributed by atoms with Crippen LogP contribution < -0.4 is 5.32 Å². The molecule has 3 aromatic rings. The van der Waals surface area contributed by atoms with E-state index in [4.69, 9.17) is 0 Å². The van der Waals surface area contributed by atoms with Crippen molar-refractivity contribution in [1.82, 2.24) is 10.2 Å². The average molecular weight is 388 g/mol. The quantitative estimate of drug-likeness (QED) is 0.674. The van der Waals surface area contributed by atoms with E-state index < -0.39 is 0 Å². The van der Waals surface area contributed by atoms with Crippen LogP contribution in [0.1, 0.15) is 34.1 Å². The number of rotatable bonds is 4. The lowest BCUT2D eigenvalue weighted by molar-refractivity contribution is 0.102. The molecule has 0 spiro atoms. The number of carbonyl (C=O) groups is 1. The Bertz CT molecular complexity index is 872. The van der Waals surface area contributed by atoms with Gasteiger partial charge >= 0.3 is 0 Å². The molecule has 0 bridgehead atoms. The number of amides is 1. The van der Waals surface area contributed by atoms with Gasteiger partial charge in [0.25, 0.3) is 5.91 Å². The first-order chi connectivity index (χ1) is 12.2. The van der Waals surface area contributed by atoms with E-state index in [0.29, 0.717) is 0 Å². The predicted molar refractivity (Wildman–Crippen MR) is 104 cm³/mol. The highest BCUT2D eigenvalue weighted by Crippen LogP contribution is 2.33. The van der Waals surface area contributed by atoms with Crippen molar-refractivity contribution in [2.45, 2.75) is 35.4 Å². The summed E-state index contributed by atoms with van der Waals surface area (Å²) in [7, 11) is 0. The van der Waals surface area contributed by atoms with Crippen LogP contribution in [0.25, 0.3) is 0 Å². The Morgan fingerprint density at radius 1 is 1.28 bits per heavy atom. The van der Waals surface area contributed by atoms with Gasteiger partial charge in [0.2, 0.25) is 0 Å². The molecule has 1 atom stereocenters. The van der Waals surface area contributed by atoms with Crippen molar-refractivity contribution in [3.05, 3.63) is 51.2 Å². The first kappa shape index (κ1) is 16.8. The summed E-state index contributed by atoms with van der Waals surface area (Å²) in [5, 5.41) is 12.9. The van der Waals surface area contributed by atoms with Crippen molar-refractivity contribution in [2.75, 3.05) is 5.32 Å². The van der Waals surface area contributed by atoms with Gasteiger partial charge in [0.1, 0.15) is 5.51 Å². The zero-order valence-corrected chi connectivity index (χ0v) is 16.1. The lowest BCUT2D eigenvalue weighted by Crippen LogP contribution is -2.16. The van der Waals surface area contributed by atoms with E-state index >= 15 is 0 Å². The van der Waals surface area contributed by atoms with Crippen LogP contribution >= 0.6 is 34.4 Å². The Balaban J connectivity index is 1.44. The number of hydrogen-bond donors (Lipinski definition) is 1. The second-order valence-electron chi connectivity index (χ2n) is 6.18. The van der Waals surface area contributed by atoms with E-state index in [0.717, 1.165) is 39.2 Å². The van der Waals surface area contributed by atoms with Crippen molar-refractivity contribution in [3.63, 3.8) is 0 Å². The number of carbonyl (C=O) groups excluding carboxylic acids is 1. The van der Waals surface area contributed by atoms with Gasteiger partial charge in [-0.15, -0.1) is 21.5 Å². The van der Waals surface area contributed by atoms with Gasteiger partial charge < -0.3 is 5.32 Å². The number of fused-ring (bicyclic) bond motifs is 1. The molecule has 1 N–H and O–H groups in total. The fourth-order valence-electron chi connectivity index (χ4n) is 2.98. The summed E-state index contributed by atoms with van der Waals surface area (Å²) in [6, 6.07) is 7.85. The van der Waals surface area contributed by atoms with Crippen LogP contribution in [0.4, 0.5) is 5.69 Å². The van der Waals surface area contributed by atoms with Crippen molar-refractivity contribution in [3.8, 4) is 0 Å². The van der Waals surface area contributed by atoms with Crippen molar-refractivity contribution in [1.29, 1.82) is 0 Å². The minimum Gasteiger partial charge on any atom is -0.322 e.